The lowest BCUT2D eigenvalue weighted by Crippen LogP contribution is -2.09. The number of esters is 1. The SMILES string of the molecule is COC(=O)C(=C(O)CSc1ccc(F)cc1F)c1nc2ccccc2[nH]1. The summed E-state index contributed by atoms with van der Waals surface area (Å²) in [7, 11) is 1.19. The Morgan fingerprint density at radius 2 is 2.04 bits per heavy atom. The summed E-state index contributed by atoms with van der Waals surface area (Å²) in [6.07, 6.45) is 0. The number of aliphatic hydroxyl groups is 1. The van der Waals surface area contributed by atoms with E-state index < -0.39 is 17.6 Å². The van der Waals surface area contributed by atoms with E-state index in [1.54, 1.807) is 24.3 Å². The number of halogens is 2. The number of aromatic nitrogens is 2. The monoisotopic (exact) mass is 376 g/mol. The largest absolute Gasteiger partial charge is 0.510 e. The average molecular weight is 376 g/mol. The predicted octanol–water partition coefficient (Wildman–Crippen LogP) is 4.08. The van der Waals surface area contributed by atoms with Crippen LogP contribution in [-0.2, 0) is 9.53 Å². The van der Waals surface area contributed by atoms with Crippen molar-refractivity contribution in [3.8, 4) is 0 Å². The van der Waals surface area contributed by atoms with Gasteiger partial charge in [0, 0.05) is 11.0 Å². The van der Waals surface area contributed by atoms with Gasteiger partial charge in [0.05, 0.1) is 23.9 Å². The van der Waals surface area contributed by atoms with Gasteiger partial charge in [-0.25, -0.2) is 18.6 Å². The lowest BCUT2D eigenvalue weighted by atomic mass is 10.2. The Morgan fingerprint density at radius 3 is 2.73 bits per heavy atom. The van der Waals surface area contributed by atoms with Crippen LogP contribution in [-0.4, -0.2) is 33.9 Å². The van der Waals surface area contributed by atoms with Gasteiger partial charge in [-0.15, -0.1) is 11.8 Å². The third-order valence-electron chi connectivity index (χ3n) is 3.56. The molecular weight excluding hydrogens is 362 g/mol. The molecule has 0 atom stereocenters. The molecule has 3 rings (SSSR count). The fraction of sp³-hybridized carbons (Fsp3) is 0.111. The van der Waals surface area contributed by atoms with E-state index in [-0.39, 0.29) is 27.8 Å². The molecule has 0 aliphatic rings. The van der Waals surface area contributed by atoms with E-state index in [0.717, 1.165) is 23.9 Å². The average Bonchev–Trinajstić information content (AvgIpc) is 3.04. The summed E-state index contributed by atoms with van der Waals surface area (Å²) in [5.74, 6) is -2.51. The van der Waals surface area contributed by atoms with Crippen LogP contribution < -0.4 is 0 Å². The number of nitrogens with one attached hydrogen (secondary N) is 1. The van der Waals surface area contributed by atoms with Gasteiger partial charge < -0.3 is 14.8 Å². The van der Waals surface area contributed by atoms with Crippen LogP contribution in [0.15, 0.2) is 53.1 Å². The van der Waals surface area contributed by atoms with Crippen LogP contribution >= 0.6 is 11.8 Å². The van der Waals surface area contributed by atoms with Crippen LogP contribution in [0.5, 0.6) is 0 Å². The summed E-state index contributed by atoms with van der Waals surface area (Å²) in [5, 5.41) is 10.4. The molecule has 0 saturated heterocycles. The minimum absolute atomic E-state index is 0.121. The first-order chi connectivity index (χ1) is 12.5. The van der Waals surface area contributed by atoms with Gasteiger partial charge in [0.2, 0.25) is 0 Å². The van der Waals surface area contributed by atoms with Gasteiger partial charge in [-0.2, -0.15) is 0 Å². The lowest BCUT2D eigenvalue weighted by molar-refractivity contribution is -0.133. The van der Waals surface area contributed by atoms with E-state index in [2.05, 4.69) is 9.97 Å². The number of carbonyl (C=O) groups excluding carboxylic acids is 1. The Hall–Kier alpha value is -2.87. The van der Waals surface area contributed by atoms with Crippen molar-refractivity contribution in [2.24, 2.45) is 0 Å². The van der Waals surface area contributed by atoms with E-state index in [4.69, 9.17) is 4.74 Å². The number of methoxy groups -OCH3 is 1. The van der Waals surface area contributed by atoms with Crippen molar-refractivity contribution in [3.05, 3.63) is 65.7 Å². The highest BCUT2D eigenvalue weighted by Crippen LogP contribution is 2.27. The second kappa shape index (κ2) is 7.57. The van der Waals surface area contributed by atoms with Crippen molar-refractivity contribution in [2.45, 2.75) is 4.90 Å². The van der Waals surface area contributed by atoms with Crippen molar-refractivity contribution in [3.63, 3.8) is 0 Å². The number of H-pyrrole nitrogens is 1. The number of hydrogen-bond acceptors (Lipinski definition) is 5. The van der Waals surface area contributed by atoms with Crippen LogP contribution in [0.25, 0.3) is 16.6 Å². The molecule has 0 amide bonds. The first-order valence-corrected chi connectivity index (χ1v) is 8.51. The molecule has 0 bridgehead atoms. The molecule has 0 aliphatic carbocycles. The maximum absolute atomic E-state index is 13.7. The Labute approximate surface area is 151 Å². The molecule has 5 nitrogen and oxygen atoms in total. The zero-order valence-corrected chi connectivity index (χ0v) is 14.4. The number of imidazole rings is 1. The summed E-state index contributed by atoms with van der Waals surface area (Å²) in [6.45, 7) is 0. The summed E-state index contributed by atoms with van der Waals surface area (Å²) in [4.78, 5) is 19.5. The number of aromatic amines is 1. The predicted molar refractivity (Wildman–Crippen MR) is 94.7 cm³/mol. The number of fused-ring (bicyclic) bond motifs is 1. The molecule has 8 heteroatoms. The van der Waals surface area contributed by atoms with Gasteiger partial charge in [-0.3, -0.25) is 0 Å². The molecule has 0 unspecified atom stereocenters. The van der Waals surface area contributed by atoms with E-state index in [1.807, 2.05) is 0 Å². The van der Waals surface area contributed by atoms with E-state index in [0.29, 0.717) is 11.0 Å². The van der Waals surface area contributed by atoms with Gasteiger partial charge in [0.1, 0.15) is 28.8 Å². The molecule has 0 fully saturated rings. The molecule has 0 saturated carbocycles. The van der Waals surface area contributed by atoms with Gasteiger partial charge in [-0.1, -0.05) is 12.1 Å². The maximum Gasteiger partial charge on any atom is 0.345 e. The van der Waals surface area contributed by atoms with E-state index >= 15 is 0 Å². The number of aliphatic hydroxyl groups excluding tert-OH is 1. The highest BCUT2D eigenvalue weighted by atomic mass is 32.2. The topological polar surface area (TPSA) is 75.2 Å². The number of ether oxygens (including phenoxy) is 1. The van der Waals surface area contributed by atoms with Gasteiger partial charge in [0.15, 0.2) is 0 Å². The number of benzene rings is 2. The van der Waals surface area contributed by atoms with Gasteiger partial charge in [0.25, 0.3) is 0 Å². The summed E-state index contributed by atoms with van der Waals surface area (Å²) >= 11 is 0.923. The van der Waals surface area contributed by atoms with Crippen molar-refractivity contribution < 1.29 is 23.4 Å². The number of hydrogen-bond donors (Lipinski definition) is 2. The number of thioether (sulfide) groups is 1. The number of carbonyl (C=O) groups is 1. The summed E-state index contributed by atoms with van der Waals surface area (Å²) in [5.41, 5.74) is 1.17. The molecule has 0 spiro atoms. The molecule has 1 aromatic heterocycles. The first kappa shape index (κ1) is 17.9. The van der Waals surface area contributed by atoms with Gasteiger partial charge >= 0.3 is 5.97 Å². The molecule has 3 aromatic rings. The maximum atomic E-state index is 13.7. The quantitative estimate of drug-likeness (QED) is 0.304. The molecule has 0 radical (unpaired) electrons. The van der Waals surface area contributed by atoms with Gasteiger partial charge in [-0.05, 0) is 24.3 Å². The Morgan fingerprint density at radius 1 is 1.27 bits per heavy atom. The second-order valence-corrected chi connectivity index (χ2v) is 6.30. The minimum atomic E-state index is -0.776. The zero-order valence-electron chi connectivity index (χ0n) is 13.6. The fourth-order valence-electron chi connectivity index (χ4n) is 2.33. The fourth-order valence-corrected chi connectivity index (χ4v) is 3.13. The standard InChI is InChI=1S/C18H14F2N2O3S/c1-25-18(24)16(17-21-12-4-2-3-5-13(12)22-17)14(23)9-26-15-7-6-10(19)8-11(15)20/h2-8,23H,9H2,1H3,(H,21,22). The van der Waals surface area contributed by atoms with Crippen LogP contribution in [0, 0.1) is 11.6 Å². The van der Waals surface area contributed by atoms with Crippen molar-refractivity contribution >= 4 is 34.3 Å². The third-order valence-corrected chi connectivity index (χ3v) is 4.62. The lowest BCUT2D eigenvalue weighted by Gasteiger charge is -2.08. The smallest absolute Gasteiger partial charge is 0.345 e. The van der Waals surface area contributed by atoms with Crippen LogP contribution in [0.3, 0.4) is 0 Å². The third kappa shape index (κ3) is 3.70. The van der Waals surface area contributed by atoms with Crippen molar-refractivity contribution in [1.82, 2.24) is 9.97 Å². The van der Waals surface area contributed by atoms with E-state index in [9.17, 15) is 18.7 Å². The van der Waals surface area contributed by atoms with Crippen LogP contribution in [0.2, 0.25) is 0 Å². The summed E-state index contributed by atoms with van der Waals surface area (Å²) in [6, 6.07) is 10.3. The van der Waals surface area contributed by atoms with E-state index in [1.165, 1.54) is 13.2 Å². The number of rotatable bonds is 5. The highest BCUT2D eigenvalue weighted by Gasteiger charge is 2.22. The highest BCUT2D eigenvalue weighted by molar-refractivity contribution is 7.99. The zero-order chi connectivity index (χ0) is 18.7. The van der Waals surface area contributed by atoms with Crippen LogP contribution in [0.4, 0.5) is 8.78 Å². The molecular formula is C18H14F2N2O3S. The summed E-state index contributed by atoms with van der Waals surface area (Å²) < 4.78 is 31.4. The normalized spacial score (nSPS) is 12.1. The second-order valence-electron chi connectivity index (χ2n) is 5.28. The molecule has 2 aromatic carbocycles. The number of nitrogens with zero attached hydrogens (tertiary/aromatic N) is 1. The number of para-hydroxylation sites is 2. The first-order valence-electron chi connectivity index (χ1n) is 7.53. The Bertz CT molecular complexity index is 968. The van der Waals surface area contributed by atoms with Crippen LogP contribution in [0.1, 0.15) is 5.82 Å². The van der Waals surface area contributed by atoms with Crippen molar-refractivity contribution in [1.29, 1.82) is 0 Å². The molecule has 0 aliphatic heterocycles. The van der Waals surface area contributed by atoms with Crippen molar-refractivity contribution in [2.75, 3.05) is 12.9 Å². The molecule has 2 N–H and O–H groups in total. The minimum Gasteiger partial charge on any atom is -0.510 e. The molecule has 26 heavy (non-hydrogen) atoms. The Balaban J connectivity index is 1.93. The Kier molecular flexibility index (Phi) is 5.22. The molecule has 1 heterocycles. The molecule has 134 valence electrons.